The third-order valence-corrected chi connectivity index (χ3v) is 2.09. The number of hydrogen-bond acceptors (Lipinski definition) is 2. The molecule has 1 aliphatic rings. The fraction of sp³-hybridized carbons (Fsp3) is 0.778. The average molecular weight is 156 g/mol. The zero-order chi connectivity index (χ0) is 9.02. The predicted octanol–water partition coefficient (Wildman–Crippen LogP) is 2.10. The highest BCUT2D eigenvalue weighted by atomic mass is 15.3. The Labute approximate surface area is 70.5 Å². The van der Waals surface area contributed by atoms with Gasteiger partial charge in [-0.2, -0.15) is 0 Å². The Hall–Kier alpha value is -0.660. The summed E-state index contributed by atoms with van der Waals surface area (Å²) < 4.78 is 0. The molecule has 0 aromatic carbocycles. The normalized spacial score (nSPS) is 16.9. The second-order valence-electron chi connectivity index (χ2n) is 2.71. The number of rotatable bonds is 0. The van der Waals surface area contributed by atoms with E-state index in [1.807, 2.05) is 13.8 Å². The molecule has 0 aromatic rings. The summed E-state index contributed by atoms with van der Waals surface area (Å²) >= 11 is 0. The van der Waals surface area contributed by atoms with Crippen molar-refractivity contribution in [2.75, 3.05) is 20.8 Å². The molecule has 0 bridgehead atoms. The van der Waals surface area contributed by atoms with Crippen LogP contribution in [0.1, 0.15) is 27.7 Å². The lowest BCUT2D eigenvalue weighted by Crippen LogP contribution is -2.20. The molecule has 0 saturated carbocycles. The van der Waals surface area contributed by atoms with E-state index in [-0.39, 0.29) is 0 Å². The second-order valence-corrected chi connectivity index (χ2v) is 2.71. The molecule has 1 rings (SSSR count). The highest BCUT2D eigenvalue weighted by Crippen LogP contribution is 2.18. The van der Waals surface area contributed by atoms with Crippen LogP contribution < -0.4 is 0 Å². The van der Waals surface area contributed by atoms with Gasteiger partial charge < -0.3 is 9.80 Å². The second kappa shape index (κ2) is 4.27. The van der Waals surface area contributed by atoms with Gasteiger partial charge in [0.1, 0.15) is 0 Å². The van der Waals surface area contributed by atoms with E-state index in [4.69, 9.17) is 0 Å². The van der Waals surface area contributed by atoms with Crippen molar-refractivity contribution in [1.82, 2.24) is 9.80 Å². The van der Waals surface area contributed by atoms with Gasteiger partial charge in [0.05, 0.1) is 6.67 Å². The van der Waals surface area contributed by atoms with Crippen LogP contribution in [0.5, 0.6) is 0 Å². The van der Waals surface area contributed by atoms with Gasteiger partial charge in [0.25, 0.3) is 0 Å². The first kappa shape index (κ1) is 10.3. The van der Waals surface area contributed by atoms with Crippen LogP contribution in [0, 0.1) is 0 Å². The smallest absolute Gasteiger partial charge is 0.0892 e. The van der Waals surface area contributed by atoms with Crippen molar-refractivity contribution in [3.05, 3.63) is 11.4 Å². The molecule has 2 heteroatoms. The molecule has 0 aromatic heterocycles. The van der Waals surface area contributed by atoms with Crippen LogP contribution in [-0.2, 0) is 0 Å². The van der Waals surface area contributed by atoms with E-state index in [2.05, 4.69) is 37.7 Å². The first-order valence-electron chi connectivity index (χ1n) is 4.22. The summed E-state index contributed by atoms with van der Waals surface area (Å²) in [5.74, 6) is 0. The Morgan fingerprint density at radius 3 is 1.27 bits per heavy atom. The van der Waals surface area contributed by atoms with Crippen molar-refractivity contribution < 1.29 is 0 Å². The quantitative estimate of drug-likeness (QED) is 0.530. The monoisotopic (exact) mass is 156 g/mol. The van der Waals surface area contributed by atoms with Crippen LogP contribution in [-0.4, -0.2) is 30.6 Å². The van der Waals surface area contributed by atoms with Crippen molar-refractivity contribution in [3.63, 3.8) is 0 Å². The number of nitrogens with zero attached hydrogens (tertiary/aromatic N) is 2. The Kier molecular flexibility index (Phi) is 4.01. The van der Waals surface area contributed by atoms with Gasteiger partial charge in [0, 0.05) is 25.5 Å². The maximum absolute atomic E-state index is 2.25. The van der Waals surface area contributed by atoms with E-state index in [9.17, 15) is 0 Å². The lowest BCUT2D eigenvalue weighted by molar-refractivity contribution is 0.318. The fourth-order valence-electron chi connectivity index (χ4n) is 1.08. The molecule has 0 atom stereocenters. The minimum atomic E-state index is 1.04. The van der Waals surface area contributed by atoms with Crippen LogP contribution in [0.4, 0.5) is 0 Å². The largest absolute Gasteiger partial charge is 0.359 e. The summed E-state index contributed by atoms with van der Waals surface area (Å²) in [5, 5.41) is 0. The van der Waals surface area contributed by atoms with Crippen molar-refractivity contribution in [3.8, 4) is 0 Å². The summed E-state index contributed by atoms with van der Waals surface area (Å²) in [6.45, 7) is 9.34. The van der Waals surface area contributed by atoms with Gasteiger partial charge in [0.15, 0.2) is 0 Å². The molecule has 2 nitrogen and oxygen atoms in total. The first-order chi connectivity index (χ1) is 5.13. The molecule has 0 amide bonds. The maximum atomic E-state index is 2.25. The summed E-state index contributed by atoms with van der Waals surface area (Å²) in [6.07, 6.45) is 0. The van der Waals surface area contributed by atoms with Crippen LogP contribution in [0.2, 0.25) is 0 Å². The average Bonchev–Trinajstić information content (AvgIpc) is 2.22. The Bertz CT molecular complexity index is 134. The Balaban J connectivity index is 0.000000461. The number of hydrogen-bond donors (Lipinski definition) is 0. The molecule has 66 valence electrons. The Morgan fingerprint density at radius 1 is 0.909 bits per heavy atom. The zero-order valence-electron chi connectivity index (χ0n) is 8.60. The minimum Gasteiger partial charge on any atom is -0.359 e. The van der Waals surface area contributed by atoms with Crippen LogP contribution in [0.15, 0.2) is 11.4 Å². The van der Waals surface area contributed by atoms with Crippen LogP contribution in [0.25, 0.3) is 0 Å². The molecule has 0 aliphatic carbocycles. The topological polar surface area (TPSA) is 6.48 Å². The minimum absolute atomic E-state index is 1.04. The van der Waals surface area contributed by atoms with Crippen LogP contribution in [0.3, 0.4) is 0 Å². The third-order valence-electron chi connectivity index (χ3n) is 2.09. The summed E-state index contributed by atoms with van der Waals surface area (Å²) in [5.41, 5.74) is 2.77. The molecule has 1 aliphatic heterocycles. The molecule has 1 heterocycles. The molecular formula is C9H20N2. The summed E-state index contributed by atoms with van der Waals surface area (Å²) in [4.78, 5) is 4.49. The van der Waals surface area contributed by atoms with E-state index in [0.717, 1.165) is 6.67 Å². The van der Waals surface area contributed by atoms with E-state index < -0.39 is 0 Å². The van der Waals surface area contributed by atoms with E-state index >= 15 is 0 Å². The van der Waals surface area contributed by atoms with Gasteiger partial charge in [0.2, 0.25) is 0 Å². The first-order valence-corrected chi connectivity index (χ1v) is 4.22. The Morgan fingerprint density at radius 2 is 1.18 bits per heavy atom. The molecule has 11 heavy (non-hydrogen) atoms. The third kappa shape index (κ3) is 2.14. The number of allylic oxidation sites excluding steroid dienone is 2. The molecule has 0 radical (unpaired) electrons. The van der Waals surface area contributed by atoms with E-state index in [0.29, 0.717) is 0 Å². The predicted molar refractivity (Wildman–Crippen MR) is 50.1 cm³/mol. The standard InChI is InChI=1S/C7H14N2.C2H6/c1-6-7(2)9(4)5-8(6)3;1-2/h5H2,1-4H3;1-2H3. The molecule has 0 spiro atoms. The van der Waals surface area contributed by atoms with Crippen molar-refractivity contribution in [2.24, 2.45) is 0 Å². The molecule has 0 N–H and O–H groups in total. The van der Waals surface area contributed by atoms with Gasteiger partial charge in [-0.25, -0.2) is 0 Å². The van der Waals surface area contributed by atoms with Gasteiger partial charge in [-0.1, -0.05) is 13.8 Å². The summed E-state index contributed by atoms with van der Waals surface area (Å²) in [6, 6.07) is 0. The highest BCUT2D eigenvalue weighted by molar-refractivity contribution is 5.11. The van der Waals surface area contributed by atoms with E-state index in [1.54, 1.807) is 0 Å². The maximum Gasteiger partial charge on any atom is 0.0892 e. The van der Waals surface area contributed by atoms with Crippen molar-refractivity contribution >= 4 is 0 Å². The van der Waals surface area contributed by atoms with Crippen molar-refractivity contribution in [2.45, 2.75) is 27.7 Å². The van der Waals surface area contributed by atoms with Gasteiger partial charge >= 0.3 is 0 Å². The molecular weight excluding hydrogens is 136 g/mol. The molecule has 0 unspecified atom stereocenters. The lowest BCUT2D eigenvalue weighted by Gasteiger charge is -2.14. The summed E-state index contributed by atoms with van der Waals surface area (Å²) in [7, 11) is 4.23. The van der Waals surface area contributed by atoms with Gasteiger partial charge in [-0.3, -0.25) is 0 Å². The van der Waals surface area contributed by atoms with E-state index in [1.165, 1.54) is 11.4 Å². The fourth-order valence-corrected chi connectivity index (χ4v) is 1.08. The van der Waals surface area contributed by atoms with Crippen molar-refractivity contribution in [1.29, 1.82) is 0 Å². The zero-order valence-corrected chi connectivity index (χ0v) is 8.60. The van der Waals surface area contributed by atoms with Gasteiger partial charge in [-0.05, 0) is 13.8 Å². The highest BCUT2D eigenvalue weighted by Gasteiger charge is 2.15. The SMILES string of the molecule is CC.CC1=C(C)N(C)CN1C. The van der Waals surface area contributed by atoms with Crippen LogP contribution >= 0.6 is 0 Å². The lowest BCUT2D eigenvalue weighted by atomic mass is 10.4. The van der Waals surface area contributed by atoms with Gasteiger partial charge in [-0.15, -0.1) is 0 Å². The molecule has 0 fully saturated rings. The molecule has 0 saturated heterocycles.